The van der Waals surface area contributed by atoms with Gasteiger partial charge in [0.25, 0.3) is 0 Å². The van der Waals surface area contributed by atoms with Crippen molar-refractivity contribution >= 4 is 11.5 Å². The first kappa shape index (κ1) is 20.0. The molecule has 1 N–H and O–H groups in total. The van der Waals surface area contributed by atoms with Crippen molar-refractivity contribution in [2.24, 2.45) is 11.8 Å². The highest BCUT2D eigenvalue weighted by molar-refractivity contribution is 5.77. The highest BCUT2D eigenvalue weighted by Gasteiger charge is 2.21. The van der Waals surface area contributed by atoms with Gasteiger partial charge in [-0.3, -0.25) is 4.79 Å². The van der Waals surface area contributed by atoms with Crippen LogP contribution in [-0.2, 0) is 4.79 Å². The largest absolute Gasteiger partial charge is 0.491 e. The smallest absolute Gasteiger partial charge is 0.314 e. The number of halogens is 1. The number of benzene rings is 1. The zero-order valence-electron chi connectivity index (χ0n) is 15.7. The Bertz CT molecular complexity index is 731. The summed E-state index contributed by atoms with van der Waals surface area (Å²) in [6, 6.07) is 4.96. The molecule has 0 aromatic heterocycles. The number of hydrogen-bond acceptors (Lipinski definition) is 2. The number of carbonyl (C=O) groups is 1. The van der Waals surface area contributed by atoms with Crippen LogP contribution in [0.5, 0.6) is 5.75 Å². The molecule has 0 amide bonds. The molecule has 0 bridgehead atoms. The van der Waals surface area contributed by atoms with Gasteiger partial charge in [-0.25, -0.2) is 4.39 Å². The Morgan fingerprint density at radius 3 is 2.77 bits per heavy atom. The molecular weight excluding hydrogens is 331 g/mol. The zero-order valence-corrected chi connectivity index (χ0v) is 15.7. The lowest BCUT2D eigenvalue weighted by Gasteiger charge is -2.19. The van der Waals surface area contributed by atoms with E-state index in [4.69, 9.17) is 4.74 Å². The Morgan fingerprint density at radius 2 is 2.15 bits per heavy atom. The fourth-order valence-electron chi connectivity index (χ4n) is 3.03. The first-order valence-corrected chi connectivity index (χ1v) is 9.18. The number of carboxylic acid groups (broad SMARTS) is 1. The number of ether oxygens (including phenoxy) is 1. The molecule has 26 heavy (non-hydrogen) atoms. The summed E-state index contributed by atoms with van der Waals surface area (Å²) in [6.45, 7) is 6.46. The maximum absolute atomic E-state index is 14.2. The molecule has 0 fully saturated rings. The van der Waals surface area contributed by atoms with E-state index >= 15 is 0 Å². The van der Waals surface area contributed by atoms with Crippen LogP contribution in [0, 0.1) is 17.7 Å². The SMILES string of the molecule is CCOc1ccc(/C2=C/C=CC(C(=O)O)/C(CC(C)CC)=C\C2)cc1F. The molecule has 3 nitrogen and oxygen atoms in total. The fourth-order valence-corrected chi connectivity index (χ4v) is 3.03. The first-order valence-electron chi connectivity index (χ1n) is 9.18. The first-order chi connectivity index (χ1) is 12.5. The van der Waals surface area contributed by atoms with Crippen LogP contribution in [0.4, 0.5) is 4.39 Å². The van der Waals surface area contributed by atoms with Gasteiger partial charge in [0.05, 0.1) is 12.5 Å². The number of carboxylic acids is 1. The molecule has 140 valence electrons. The van der Waals surface area contributed by atoms with E-state index in [0.717, 1.165) is 29.6 Å². The fraction of sp³-hybridized carbons (Fsp3) is 0.409. The summed E-state index contributed by atoms with van der Waals surface area (Å²) in [5.74, 6) is -1.15. The average Bonchev–Trinajstić information content (AvgIpc) is 2.59. The maximum Gasteiger partial charge on any atom is 0.314 e. The summed E-state index contributed by atoms with van der Waals surface area (Å²) in [6.07, 6.45) is 9.67. The summed E-state index contributed by atoms with van der Waals surface area (Å²) in [4.78, 5) is 11.6. The quantitative estimate of drug-likeness (QED) is 0.642. The van der Waals surface area contributed by atoms with Crippen LogP contribution in [0.3, 0.4) is 0 Å². The van der Waals surface area contributed by atoms with E-state index in [0.29, 0.717) is 18.9 Å². The Morgan fingerprint density at radius 1 is 1.38 bits per heavy atom. The van der Waals surface area contributed by atoms with Crippen LogP contribution < -0.4 is 4.74 Å². The minimum atomic E-state index is -0.834. The van der Waals surface area contributed by atoms with Gasteiger partial charge in [0.1, 0.15) is 0 Å². The highest BCUT2D eigenvalue weighted by atomic mass is 19.1. The molecule has 2 atom stereocenters. The Labute approximate surface area is 154 Å². The molecule has 1 aliphatic carbocycles. The molecular formula is C22H27FO3. The number of aliphatic carboxylic acids is 1. The van der Waals surface area contributed by atoms with Gasteiger partial charge in [0.2, 0.25) is 0 Å². The van der Waals surface area contributed by atoms with Gasteiger partial charge in [0, 0.05) is 0 Å². The highest BCUT2D eigenvalue weighted by Crippen LogP contribution is 2.30. The van der Waals surface area contributed by atoms with Crippen molar-refractivity contribution in [2.75, 3.05) is 6.61 Å². The van der Waals surface area contributed by atoms with Crippen molar-refractivity contribution in [2.45, 2.75) is 40.0 Å². The summed E-state index contributed by atoms with van der Waals surface area (Å²) in [5.41, 5.74) is 2.65. The van der Waals surface area contributed by atoms with Gasteiger partial charge in [-0.15, -0.1) is 0 Å². The van der Waals surface area contributed by atoms with Crippen LogP contribution in [0.2, 0.25) is 0 Å². The van der Waals surface area contributed by atoms with Gasteiger partial charge >= 0.3 is 5.97 Å². The van der Waals surface area contributed by atoms with E-state index in [9.17, 15) is 14.3 Å². The molecule has 4 heteroatoms. The van der Waals surface area contributed by atoms with Crippen molar-refractivity contribution in [3.63, 3.8) is 0 Å². The predicted molar refractivity (Wildman–Crippen MR) is 103 cm³/mol. The van der Waals surface area contributed by atoms with Crippen molar-refractivity contribution < 1.29 is 19.0 Å². The lowest BCUT2D eigenvalue weighted by Crippen LogP contribution is -2.16. The third-order valence-electron chi connectivity index (χ3n) is 4.73. The monoisotopic (exact) mass is 358 g/mol. The molecule has 0 heterocycles. The molecule has 0 radical (unpaired) electrons. The minimum absolute atomic E-state index is 0.247. The molecule has 1 aromatic rings. The van der Waals surface area contributed by atoms with Gasteiger partial charge in [-0.2, -0.15) is 0 Å². The Kier molecular flexibility index (Phi) is 7.19. The molecule has 1 aliphatic rings. The van der Waals surface area contributed by atoms with Gasteiger partial charge in [0.15, 0.2) is 11.6 Å². The summed E-state index contributed by atoms with van der Waals surface area (Å²) in [7, 11) is 0. The van der Waals surface area contributed by atoms with Crippen LogP contribution in [0.1, 0.15) is 45.6 Å². The van der Waals surface area contributed by atoms with Crippen molar-refractivity contribution in [1.29, 1.82) is 0 Å². The van der Waals surface area contributed by atoms with Crippen LogP contribution >= 0.6 is 0 Å². The van der Waals surface area contributed by atoms with E-state index in [1.165, 1.54) is 6.07 Å². The van der Waals surface area contributed by atoms with E-state index in [2.05, 4.69) is 13.8 Å². The third-order valence-corrected chi connectivity index (χ3v) is 4.73. The van der Waals surface area contributed by atoms with Crippen LogP contribution in [0.25, 0.3) is 5.57 Å². The molecule has 0 saturated heterocycles. The number of hydrogen-bond donors (Lipinski definition) is 1. The summed E-state index contributed by atoms with van der Waals surface area (Å²) >= 11 is 0. The topological polar surface area (TPSA) is 46.5 Å². The number of rotatable bonds is 7. The van der Waals surface area contributed by atoms with Crippen LogP contribution in [0.15, 0.2) is 48.1 Å². The van der Waals surface area contributed by atoms with E-state index in [-0.39, 0.29) is 11.6 Å². The van der Waals surface area contributed by atoms with E-state index in [1.54, 1.807) is 18.2 Å². The lowest BCUT2D eigenvalue weighted by atomic mass is 9.86. The molecule has 0 spiro atoms. The van der Waals surface area contributed by atoms with Crippen LogP contribution in [-0.4, -0.2) is 17.7 Å². The van der Waals surface area contributed by atoms with Crippen molar-refractivity contribution in [3.05, 3.63) is 59.5 Å². The van der Waals surface area contributed by atoms with E-state index < -0.39 is 11.9 Å². The average molecular weight is 358 g/mol. The Balaban J connectivity index is 2.32. The van der Waals surface area contributed by atoms with Crippen molar-refractivity contribution in [1.82, 2.24) is 0 Å². The summed E-state index contributed by atoms with van der Waals surface area (Å²) < 4.78 is 19.4. The Hall–Kier alpha value is -2.36. The van der Waals surface area contributed by atoms with Gasteiger partial charge < -0.3 is 9.84 Å². The summed E-state index contributed by atoms with van der Waals surface area (Å²) in [5, 5.41) is 9.54. The lowest BCUT2D eigenvalue weighted by molar-refractivity contribution is -0.139. The molecule has 2 unspecified atom stereocenters. The minimum Gasteiger partial charge on any atom is -0.491 e. The third kappa shape index (κ3) is 5.07. The van der Waals surface area contributed by atoms with E-state index in [1.807, 2.05) is 25.1 Å². The second-order valence-corrected chi connectivity index (χ2v) is 6.67. The van der Waals surface area contributed by atoms with Crippen molar-refractivity contribution in [3.8, 4) is 5.75 Å². The zero-order chi connectivity index (χ0) is 19.1. The second kappa shape index (κ2) is 9.37. The predicted octanol–water partition coefficient (Wildman–Crippen LogP) is 5.63. The normalized spacial score (nSPS) is 22.4. The maximum atomic E-state index is 14.2. The van der Waals surface area contributed by atoms with Gasteiger partial charge in [-0.1, -0.05) is 56.2 Å². The molecule has 2 rings (SSSR count). The second-order valence-electron chi connectivity index (χ2n) is 6.67. The molecule has 1 aromatic carbocycles. The molecule has 0 saturated carbocycles. The molecule has 0 aliphatic heterocycles. The number of allylic oxidation sites excluding steroid dienone is 4. The standard InChI is InChI=1S/C22H27FO3/c1-4-15(3)13-18-10-9-16(7-6-8-19(18)22(24)25)17-11-12-21(26-5-2)20(23)14-17/h6-8,10-12,14-15,19H,4-5,9,13H2,1-3H3,(H,24,25)/b8-6?,16-7+,18-10-. The van der Waals surface area contributed by atoms with Gasteiger partial charge in [-0.05, 0) is 49.0 Å².